The van der Waals surface area contributed by atoms with Gasteiger partial charge >= 0.3 is 0 Å². The Morgan fingerprint density at radius 2 is 2.28 bits per heavy atom. The number of halogens is 1. The minimum Gasteiger partial charge on any atom is -0.494 e. The molecule has 2 N–H and O–H groups in total. The Kier molecular flexibility index (Phi) is 4.98. The van der Waals surface area contributed by atoms with E-state index in [2.05, 4.69) is 15.5 Å². The van der Waals surface area contributed by atoms with Crippen molar-refractivity contribution in [2.75, 3.05) is 13.7 Å². The van der Waals surface area contributed by atoms with Gasteiger partial charge in [-0.15, -0.1) is 0 Å². The summed E-state index contributed by atoms with van der Waals surface area (Å²) in [7, 11) is 1.34. The number of carbonyl (C=O) groups is 1. The second kappa shape index (κ2) is 7.18. The van der Waals surface area contributed by atoms with Gasteiger partial charge in [-0.05, 0) is 38.0 Å². The van der Waals surface area contributed by atoms with Crippen molar-refractivity contribution in [1.82, 2.24) is 15.5 Å². The molecule has 0 saturated heterocycles. The van der Waals surface area contributed by atoms with Crippen LogP contribution in [0.1, 0.15) is 40.8 Å². The Bertz CT molecular complexity index is 764. The summed E-state index contributed by atoms with van der Waals surface area (Å²) in [5.74, 6) is 0.110. The smallest absolute Gasteiger partial charge is 0.251 e. The van der Waals surface area contributed by atoms with E-state index in [-0.39, 0.29) is 23.5 Å². The van der Waals surface area contributed by atoms with Crippen LogP contribution in [0.5, 0.6) is 5.75 Å². The van der Waals surface area contributed by atoms with E-state index in [4.69, 9.17) is 9.26 Å². The number of rotatable bonds is 5. The summed E-state index contributed by atoms with van der Waals surface area (Å²) < 4.78 is 23.5. The van der Waals surface area contributed by atoms with Gasteiger partial charge in [0.05, 0.1) is 13.2 Å². The first-order valence-electron chi connectivity index (χ1n) is 8.08. The van der Waals surface area contributed by atoms with E-state index in [0.717, 1.165) is 0 Å². The van der Waals surface area contributed by atoms with Crippen LogP contribution in [0.2, 0.25) is 0 Å². The van der Waals surface area contributed by atoms with E-state index in [1.54, 1.807) is 6.92 Å². The molecular formula is C17H20FN3O4. The van der Waals surface area contributed by atoms with E-state index in [0.29, 0.717) is 36.7 Å². The lowest BCUT2D eigenvalue weighted by Gasteiger charge is -2.15. The van der Waals surface area contributed by atoms with Gasteiger partial charge in [0.15, 0.2) is 17.4 Å². The van der Waals surface area contributed by atoms with Crippen LogP contribution in [0.15, 0.2) is 22.7 Å². The van der Waals surface area contributed by atoms with Crippen LogP contribution >= 0.6 is 0 Å². The maximum atomic E-state index is 13.4. The quantitative estimate of drug-likeness (QED) is 0.854. The number of methoxy groups -OCH3 is 1. The Morgan fingerprint density at radius 3 is 2.96 bits per heavy atom. The lowest BCUT2D eigenvalue weighted by atomic mass is 10.0. The molecule has 0 unspecified atom stereocenters. The molecule has 1 saturated carbocycles. The van der Waals surface area contributed by atoms with E-state index in [1.807, 2.05) is 0 Å². The van der Waals surface area contributed by atoms with Gasteiger partial charge in [0, 0.05) is 23.9 Å². The summed E-state index contributed by atoms with van der Waals surface area (Å²) >= 11 is 0. The molecule has 0 bridgehead atoms. The summed E-state index contributed by atoms with van der Waals surface area (Å²) in [6, 6.07) is 3.92. The van der Waals surface area contributed by atoms with Gasteiger partial charge in [0.2, 0.25) is 5.89 Å². The number of aliphatic hydroxyl groups excluding tert-OH is 1. The zero-order valence-electron chi connectivity index (χ0n) is 14.0. The maximum Gasteiger partial charge on any atom is 0.251 e. The number of ether oxygens (including phenoxy) is 1. The molecule has 1 aromatic heterocycles. The summed E-state index contributed by atoms with van der Waals surface area (Å²) in [5.41, 5.74) is 0.301. The minimum absolute atomic E-state index is 0.0102. The summed E-state index contributed by atoms with van der Waals surface area (Å²) in [6.45, 7) is 2.05. The Hall–Kier alpha value is -2.48. The third-order valence-corrected chi connectivity index (χ3v) is 4.49. The molecule has 7 nitrogen and oxygen atoms in total. The van der Waals surface area contributed by atoms with Crippen molar-refractivity contribution < 1.29 is 23.6 Å². The monoisotopic (exact) mass is 349 g/mol. The summed E-state index contributed by atoms with van der Waals surface area (Å²) in [6.07, 6.45) is 0.614. The molecule has 0 radical (unpaired) electrons. The van der Waals surface area contributed by atoms with E-state index >= 15 is 0 Å². The molecule has 134 valence electrons. The van der Waals surface area contributed by atoms with Gasteiger partial charge in [0.25, 0.3) is 5.91 Å². The van der Waals surface area contributed by atoms with Crippen LogP contribution in [0.4, 0.5) is 4.39 Å². The number of aromatic nitrogens is 2. The topological polar surface area (TPSA) is 97.5 Å². The highest BCUT2D eigenvalue weighted by atomic mass is 19.1. The molecule has 1 heterocycles. The van der Waals surface area contributed by atoms with Crippen molar-refractivity contribution in [2.45, 2.75) is 31.8 Å². The standard InChI is InChI=1S/C17H20FN3O4/c1-9-20-17(25-21-9)11-5-12(14(22)6-11)8-19-16(23)10-3-4-13(18)15(7-10)24-2/h3-4,7,11-12,14,22H,5-6,8H2,1-2H3,(H,19,23)/t11-,12+,14+/m0/s1. The van der Waals surface area contributed by atoms with E-state index in [1.165, 1.54) is 25.3 Å². The average Bonchev–Trinajstić information content (AvgIpc) is 3.19. The SMILES string of the molecule is COc1cc(C(=O)NC[C@H]2C[C@H](c3nc(C)no3)C[C@H]2O)ccc1F. The average molecular weight is 349 g/mol. The number of aliphatic hydroxyl groups is 1. The fourth-order valence-electron chi connectivity index (χ4n) is 3.13. The lowest BCUT2D eigenvalue weighted by Crippen LogP contribution is -2.32. The zero-order chi connectivity index (χ0) is 18.0. The molecule has 3 rings (SSSR count). The third kappa shape index (κ3) is 3.79. The molecular weight excluding hydrogens is 329 g/mol. The second-order valence-corrected chi connectivity index (χ2v) is 6.23. The third-order valence-electron chi connectivity index (χ3n) is 4.49. The van der Waals surface area contributed by atoms with Gasteiger partial charge in [-0.2, -0.15) is 4.98 Å². The molecule has 25 heavy (non-hydrogen) atoms. The van der Waals surface area contributed by atoms with E-state index in [9.17, 15) is 14.3 Å². The van der Waals surface area contributed by atoms with Crippen LogP contribution in [-0.4, -0.2) is 40.9 Å². The molecule has 1 amide bonds. The first-order valence-corrected chi connectivity index (χ1v) is 8.08. The maximum absolute atomic E-state index is 13.4. The van der Waals surface area contributed by atoms with Crippen molar-refractivity contribution in [3.8, 4) is 5.75 Å². The van der Waals surface area contributed by atoms with Gasteiger partial charge in [0.1, 0.15) is 0 Å². The Balaban J connectivity index is 1.58. The first-order chi connectivity index (χ1) is 12.0. The largest absolute Gasteiger partial charge is 0.494 e. The van der Waals surface area contributed by atoms with Crippen LogP contribution < -0.4 is 10.1 Å². The molecule has 3 atom stereocenters. The van der Waals surface area contributed by atoms with Crippen LogP contribution in [-0.2, 0) is 0 Å². The zero-order valence-corrected chi connectivity index (χ0v) is 14.0. The predicted molar refractivity (Wildman–Crippen MR) is 85.8 cm³/mol. The number of carbonyl (C=O) groups excluding carboxylic acids is 1. The van der Waals surface area contributed by atoms with Crippen molar-refractivity contribution in [2.24, 2.45) is 5.92 Å². The minimum atomic E-state index is -0.555. The number of hydrogen-bond donors (Lipinski definition) is 2. The highest BCUT2D eigenvalue weighted by Crippen LogP contribution is 2.37. The molecule has 8 heteroatoms. The van der Waals surface area contributed by atoms with Crippen molar-refractivity contribution in [1.29, 1.82) is 0 Å². The van der Waals surface area contributed by atoms with Crippen LogP contribution in [0.3, 0.4) is 0 Å². The highest BCUT2D eigenvalue weighted by Gasteiger charge is 2.36. The fourth-order valence-corrected chi connectivity index (χ4v) is 3.13. The molecule has 0 spiro atoms. The molecule has 1 aliphatic rings. The van der Waals surface area contributed by atoms with Crippen LogP contribution in [0, 0.1) is 18.7 Å². The van der Waals surface area contributed by atoms with Crippen molar-refractivity contribution >= 4 is 5.91 Å². The molecule has 0 aliphatic heterocycles. The van der Waals surface area contributed by atoms with Gasteiger partial charge < -0.3 is 19.7 Å². The number of aryl methyl sites for hydroxylation is 1. The van der Waals surface area contributed by atoms with Gasteiger partial charge in [-0.3, -0.25) is 4.79 Å². The van der Waals surface area contributed by atoms with Crippen molar-refractivity contribution in [3.63, 3.8) is 0 Å². The second-order valence-electron chi connectivity index (χ2n) is 6.23. The number of hydrogen-bond acceptors (Lipinski definition) is 6. The molecule has 2 aromatic rings. The van der Waals surface area contributed by atoms with E-state index < -0.39 is 11.9 Å². The molecule has 1 fully saturated rings. The van der Waals surface area contributed by atoms with Crippen LogP contribution in [0.25, 0.3) is 0 Å². The Morgan fingerprint density at radius 1 is 1.48 bits per heavy atom. The highest BCUT2D eigenvalue weighted by molar-refractivity contribution is 5.94. The lowest BCUT2D eigenvalue weighted by molar-refractivity contribution is 0.0916. The predicted octanol–water partition coefficient (Wildman–Crippen LogP) is 1.81. The fraction of sp³-hybridized carbons (Fsp3) is 0.471. The number of nitrogens with zero attached hydrogens (tertiary/aromatic N) is 2. The Labute approximate surface area is 144 Å². The summed E-state index contributed by atoms with van der Waals surface area (Å²) in [4.78, 5) is 16.4. The molecule has 1 aliphatic carbocycles. The number of nitrogens with one attached hydrogen (secondary N) is 1. The molecule has 1 aromatic carbocycles. The van der Waals surface area contributed by atoms with Crippen molar-refractivity contribution in [3.05, 3.63) is 41.3 Å². The number of benzene rings is 1. The first kappa shape index (κ1) is 17.3. The summed E-state index contributed by atoms with van der Waals surface area (Å²) in [5, 5.41) is 16.8. The van der Waals surface area contributed by atoms with Gasteiger partial charge in [-0.25, -0.2) is 4.39 Å². The van der Waals surface area contributed by atoms with Gasteiger partial charge in [-0.1, -0.05) is 5.16 Å². The normalized spacial score (nSPS) is 22.8. The number of amides is 1.